The van der Waals surface area contributed by atoms with Crippen molar-refractivity contribution in [3.8, 4) is 5.75 Å². The van der Waals surface area contributed by atoms with Crippen molar-refractivity contribution < 1.29 is 9.84 Å². The molecule has 1 heterocycles. The molecule has 1 aliphatic rings. The number of hydrogen-bond acceptors (Lipinski definition) is 3. The van der Waals surface area contributed by atoms with Gasteiger partial charge in [0.1, 0.15) is 5.75 Å². The van der Waals surface area contributed by atoms with Crippen LogP contribution < -0.4 is 4.74 Å². The number of piperidine rings is 1. The molecule has 2 aromatic rings. The number of rotatable bonds is 6. The van der Waals surface area contributed by atoms with Gasteiger partial charge in [0.2, 0.25) is 0 Å². The van der Waals surface area contributed by atoms with Crippen LogP contribution in [0, 0.1) is 0 Å². The van der Waals surface area contributed by atoms with Crippen LogP contribution in [0.3, 0.4) is 0 Å². The number of halogens is 4. The summed E-state index contributed by atoms with van der Waals surface area (Å²) in [5.74, 6) is 0.719. The van der Waals surface area contributed by atoms with Crippen LogP contribution in [0.5, 0.6) is 5.75 Å². The summed E-state index contributed by atoms with van der Waals surface area (Å²) in [6.07, 6.45) is 2.22. The molecule has 0 bridgehead atoms. The van der Waals surface area contributed by atoms with Crippen LogP contribution in [0.25, 0.3) is 0 Å². The van der Waals surface area contributed by atoms with E-state index >= 15 is 0 Å². The molecule has 146 valence electrons. The van der Waals surface area contributed by atoms with E-state index in [1.165, 1.54) is 0 Å². The van der Waals surface area contributed by atoms with Crippen molar-refractivity contribution in [3.63, 3.8) is 0 Å². The number of hydrogen-bond donors (Lipinski definition) is 1. The standard InChI is InChI=1S/C20H21Cl4NO2/c21-16-4-2-14(12-18(16)23)20(26)6-9-25(10-7-20)8-1-11-27-15-3-5-17(22)19(24)13-15/h2-5,12-13,26H,1,6-11H2. The van der Waals surface area contributed by atoms with Gasteiger partial charge in [-0.05, 0) is 49.1 Å². The minimum atomic E-state index is -0.846. The Morgan fingerprint density at radius 1 is 0.889 bits per heavy atom. The maximum absolute atomic E-state index is 11.0. The number of ether oxygens (including phenoxy) is 1. The minimum absolute atomic E-state index is 0.476. The Labute approximate surface area is 179 Å². The summed E-state index contributed by atoms with van der Waals surface area (Å²) >= 11 is 23.9. The van der Waals surface area contributed by atoms with Crippen LogP contribution in [0.2, 0.25) is 20.1 Å². The highest BCUT2D eigenvalue weighted by Gasteiger charge is 2.34. The van der Waals surface area contributed by atoms with Crippen molar-refractivity contribution in [2.24, 2.45) is 0 Å². The van der Waals surface area contributed by atoms with E-state index in [0.29, 0.717) is 39.5 Å². The van der Waals surface area contributed by atoms with E-state index in [9.17, 15) is 5.11 Å². The van der Waals surface area contributed by atoms with Gasteiger partial charge < -0.3 is 14.7 Å². The average Bonchev–Trinajstić information content (AvgIpc) is 2.65. The summed E-state index contributed by atoms with van der Waals surface area (Å²) in [6, 6.07) is 10.6. The third-order valence-electron chi connectivity index (χ3n) is 4.92. The second kappa shape index (κ2) is 9.21. The molecule has 0 unspecified atom stereocenters. The van der Waals surface area contributed by atoms with E-state index in [-0.39, 0.29) is 0 Å². The van der Waals surface area contributed by atoms with E-state index in [4.69, 9.17) is 51.1 Å². The Hall–Kier alpha value is -0.680. The highest BCUT2D eigenvalue weighted by atomic mass is 35.5. The zero-order valence-corrected chi connectivity index (χ0v) is 17.8. The lowest BCUT2D eigenvalue weighted by atomic mass is 9.84. The summed E-state index contributed by atoms with van der Waals surface area (Å²) in [4.78, 5) is 2.34. The van der Waals surface area contributed by atoms with Gasteiger partial charge in [0.15, 0.2) is 0 Å². The summed E-state index contributed by atoms with van der Waals surface area (Å²) in [6.45, 7) is 3.16. The van der Waals surface area contributed by atoms with Gasteiger partial charge in [-0.15, -0.1) is 0 Å². The van der Waals surface area contributed by atoms with Gasteiger partial charge in [-0.1, -0.05) is 52.5 Å². The van der Waals surface area contributed by atoms with Gasteiger partial charge in [-0.2, -0.15) is 0 Å². The van der Waals surface area contributed by atoms with Crippen LogP contribution in [0.15, 0.2) is 36.4 Å². The van der Waals surface area contributed by atoms with Crippen LogP contribution in [0.4, 0.5) is 0 Å². The molecule has 0 atom stereocenters. The van der Waals surface area contributed by atoms with Gasteiger partial charge in [0, 0.05) is 25.7 Å². The van der Waals surface area contributed by atoms with Gasteiger partial charge in [-0.25, -0.2) is 0 Å². The topological polar surface area (TPSA) is 32.7 Å². The van der Waals surface area contributed by atoms with E-state index in [2.05, 4.69) is 4.90 Å². The maximum Gasteiger partial charge on any atom is 0.120 e. The van der Waals surface area contributed by atoms with Gasteiger partial charge in [0.25, 0.3) is 0 Å². The molecule has 0 aromatic heterocycles. The molecule has 7 heteroatoms. The van der Waals surface area contributed by atoms with E-state index in [1.807, 2.05) is 12.1 Å². The van der Waals surface area contributed by atoms with Crippen molar-refractivity contribution in [1.82, 2.24) is 4.90 Å². The van der Waals surface area contributed by atoms with E-state index in [1.54, 1.807) is 24.3 Å². The Morgan fingerprint density at radius 3 is 2.15 bits per heavy atom. The van der Waals surface area contributed by atoms with Crippen molar-refractivity contribution in [2.75, 3.05) is 26.2 Å². The molecule has 0 aliphatic carbocycles. The van der Waals surface area contributed by atoms with Crippen molar-refractivity contribution in [1.29, 1.82) is 0 Å². The monoisotopic (exact) mass is 447 g/mol. The molecule has 1 N–H and O–H groups in total. The third-order valence-corrected chi connectivity index (χ3v) is 6.40. The molecule has 0 spiro atoms. The third kappa shape index (κ3) is 5.44. The lowest BCUT2D eigenvalue weighted by Gasteiger charge is -2.38. The molecule has 1 fully saturated rings. The normalized spacial score (nSPS) is 17.1. The van der Waals surface area contributed by atoms with Gasteiger partial charge in [0.05, 0.1) is 32.3 Å². The minimum Gasteiger partial charge on any atom is -0.493 e. The molecule has 0 radical (unpaired) electrons. The van der Waals surface area contributed by atoms with Crippen molar-refractivity contribution >= 4 is 46.4 Å². The molecule has 2 aromatic carbocycles. The highest BCUT2D eigenvalue weighted by molar-refractivity contribution is 6.42. The van der Waals surface area contributed by atoms with Gasteiger partial charge in [-0.3, -0.25) is 0 Å². The van der Waals surface area contributed by atoms with Crippen molar-refractivity contribution in [3.05, 3.63) is 62.1 Å². The Balaban J connectivity index is 1.44. The molecular weight excluding hydrogens is 428 g/mol. The fourth-order valence-corrected chi connectivity index (χ4v) is 3.85. The second-order valence-electron chi connectivity index (χ2n) is 6.78. The Bertz CT molecular complexity index is 792. The first kappa shape index (κ1) is 21.0. The largest absolute Gasteiger partial charge is 0.493 e. The molecule has 3 rings (SSSR count). The quantitative estimate of drug-likeness (QED) is 0.545. The summed E-state index contributed by atoms with van der Waals surface area (Å²) in [5, 5.41) is 13.0. The number of benzene rings is 2. The van der Waals surface area contributed by atoms with Gasteiger partial charge >= 0.3 is 0 Å². The summed E-state index contributed by atoms with van der Waals surface area (Å²) in [7, 11) is 0. The number of aliphatic hydroxyl groups is 1. The Morgan fingerprint density at radius 2 is 1.52 bits per heavy atom. The fraction of sp³-hybridized carbons (Fsp3) is 0.400. The van der Waals surface area contributed by atoms with Crippen molar-refractivity contribution in [2.45, 2.75) is 24.9 Å². The lowest BCUT2D eigenvalue weighted by molar-refractivity contribution is -0.0264. The first-order valence-corrected chi connectivity index (χ1v) is 10.4. The molecule has 3 nitrogen and oxygen atoms in total. The molecule has 1 aliphatic heterocycles. The van der Waals surface area contributed by atoms with Crippen LogP contribution in [-0.4, -0.2) is 36.2 Å². The molecular formula is C20H21Cl4NO2. The molecule has 0 saturated carbocycles. The zero-order valence-electron chi connectivity index (χ0n) is 14.7. The first-order valence-electron chi connectivity index (χ1n) is 8.85. The molecule has 1 saturated heterocycles. The number of likely N-dealkylation sites (tertiary alicyclic amines) is 1. The molecule has 0 amide bonds. The predicted molar refractivity (Wildman–Crippen MR) is 113 cm³/mol. The first-order chi connectivity index (χ1) is 12.9. The van der Waals surface area contributed by atoms with E-state index < -0.39 is 5.60 Å². The smallest absolute Gasteiger partial charge is 0.120 e. The summed E-state index contributed by atoms with van der Waals surface area (Å²) in [5.41, 5.74) is -0.0131. The zero-order chi connectivity index (χ0) is 19.4. The second-order valence-corrected chi connectivity index (χ2v) is 8.41. The fourth-order valence-electron chi connectivity index (χ4n) is 3.27. The van der Waals surface area contributed by atoms with Crippen LogP contribution in [0.1, 0.15) is 24.8 Å². The Kier molecular flexibility index (Phi) is 7.18. The lowest BCUT2D eigenvalue weighted by Crippen LogP contribution is -2.43. The SMILES string of the molecule is OC1(c2ccc(Cl)c(Cl)c2)CCN(CCCOc2ccc(Cl)c(Cl)c2)CC1. The predicted octanol–water partition coefficient (Wildman–Crippen LogP) is 6.05. The summed E-state index contributed by atoms with van der Waals surface area (Å²) < 4.78 is 5.72. The van der Waals surface area contributed by atoms with Crippen LogP contribution >= 0.6 is 46.4 Å². The maximum atomic E-state index is 11.0. The average molecular weight is 449 g/mol. The van der Waals surface area contributed by atoms with E-state index in [0.717, 1.165) is 37.4 Å². The highest BCUT2D eigenvalue weighted by Crippen LogP contribution is 2.36. The number of nitrogens with zero attached hydrogens (tertiary/aromatic N) is 1. The molecule has 27 heavy (non-hydrogen) atoms. The van der Waals surface area contributed by atoms with Crippen LogP contribution in [-0.2, 0) is 5.60 Å².